The van der Waals surface area contributed by atoms with Crippen LogP contribution in [-0.2, 0) is 5.88 Å². The van der Waals surface area contributed by atoms with Gasteiger partial charge in [0.1, 0.15) is 11.6 Å². The lowest BCUT2D eigenvalue weighted by Crippen LogP contribution is -2.10. The molecular weight excluding hydrogens is 248 g/mol. The van der Waals surface area contributed by atoms with Crippen molar-refractivity contribution in [3.63, 3.8) is 0 Å². The van der Waals surface area contributed by atoms with Crippen LogP contribution in [0.5, 0.6) is 5.75 Å². The largest absolute Gasteiger partial charge is 0.497 e. The molecule has 1 fully saturated rings. The number of methoxy groups -OCH3 is 1. The van der Waals surface area contributed by atoms with E-state index in [0.29, 0.717) is 11.9 Å². The third kappa shape index (κ3) is 1.87. The van der Waals surface area contributed by atoms with Crippen LogP contribution in [0.1, 0.15) is 31.6 Å². The molecule has 4 heteroatoms. The number of imidazole rings is 1. The fraction of sp³-hybridized carbons (Fsp3) is 0.500. The molecular formula is C14H17ClN2O. The van der Waals surface area contributed by atoms with Crippen LogP contribution in [0.3, 0.4) is 0 Å². The van der Waals surface area contributed by atoms with Crippen molar-refractivity contribution in [1.82, 2.24) is 9.55 Å². The molecule has 0 saturated heterocycles. The first-order valence-electron chi connectivity index (χ1n) is 6.35. The van der Waals surface area contributed by atoms with Crippen LogP contribution in [0.4, 0.5) is 0 Å². The molecule has 1 aliphatic carbocycles. The van der Waals surface area contributed by atoms with Gasteiger partial charge in [0.05, 0.1) is 24.0 Å². The van der Waals surface area contributed by atoms with Crippen molar-refractivity contribution in [2.75, 3.05) is 7.11 Å². The minimum atomic E-state index is 0.452. The zero-order valence-corrected chi connectivity index (χ0v) is 11.4. The molecule has 1 heterocycles. The number of aromatic nitrogens is 2. The van der Waals surface area contributed by atoms with E-state index in [1.54, 1.807) is 7.11 Å². The Morgan fingerprint density at radius 3 is 2.89 bits per heavy atom. The molecule has 96 valence electrons. The molecule has 0 N–H and O–H groups in total. The molecule has 2 aromatic rings. The Bertz CT molecular complexity index is 574. The number of benzene rings is 1. The molecule has 18 heavy (non-hydrogen) atoms. The van der Waals surface area contributed by atoms with Gasteiger partial charge in [-0.1, -0.05) is 0 Å². The summed E-state index contributed by atoms with van der Waals surface area (Å²) in [6.07, 6.45) is 2.64. The molecule has 1 unspecified atom stereocenters. The second-order valence-electron chi connectivity index (χ2n) is 4.96. The summed E-state index contributed by atoms with van der Waals surface area (Å²) in [5.74, 6) is 3.03. The second kappa shape index (κ2) is 4.47. The van der Waals surface area contributed by atoms with Crippen molar-refractivity contribution in [3.8, 4) is 5.75 Å². The molecule has 0 spiro atoms. The number of halogens is 1. The summed E-state index contributed by atoms with van der Waals surface area (Å²) in [5.41, 5.74) is 2.13. The maximum atomic E-state index is 6.03. The highest BCUT2D eigenvalue weighted by Crippen LogP contribution is 2.41. The Hall–Kier alpha value is -1.22. The molecule has 1 saturated carbocycles. The summed E-state index contributed by atoms with van der Waals surface area (Å²) in [6, 6.07) is 6.52. The SMILES string of the molecule is COc1ccc2c(c1)nc(CCl)n2C(C)C1CC1. The maximum absolute atomic E-state index is 6.03. The van der Waals surface area contributed by atoms with Gasteiger partial charge in [0.2, 0.25) is 0 Å². The van der Waals surface area contributed by atoms with Crippen molar-refractivity contribution in [1.29, 1.82) is 0 Å². The highest BCUT2D eigenvalue weighted by atomic mass is 35.5. The van der Waals surface area contributed by atoms with E-state index in [9.17, 15) is 0 Å². The van der Waals surface area contributed by atoms with Crippen LogP contribution in [0.15, 0.2) is 18.2 Å². The van der Waals surface area contributed by atoms with E-state index >= 15 is 0 Å². The van der Waals surface area contributed by atoms with E-state index < -0.39 is 0 Å². The van der Waals surface area contributed by atoms with Crippen LogP contribution >= 0.6 is 11.6 Å². The molecule has 1 aliphatic rings. The molecule has 0 bridgehead atoms. The molecule has 0 radical (unpaired) electrons. The van der Waals surface area contributed by atoms with E-state index in [2.05, 4.69) is 22.5 Å². The lowest BCUT2D eigenvalue weighted by Gasteiger charge is -2.16. The summed E-state index contributed by atoms with van der Waals surface area (Å²) in [4.78, 5) is 4.62. The molecule has 3 rings (SSSR count). The molecule has 1 aromatic heterocycles. The number of rotatable bonds is 4. The normalized spacial score (nSPS) is 17.1. The van der Waals surface area contributed by atoms with Crippen LogP contribution in [0.2, 0.25) is 0 Å². The van der Waals surface area contributed by atoms with Gasteiger partial charge in [-0.25, -0.2) is 4.98 Å². The standard InChI is InChI=1S/C14H17ClN2O/c1-9(10-3-4-10)17-13-6-5-11(18-2)7-12(13)16-14(17)8-15/h5-7,9-10H,3-4,8H2,1-2H3. The lowest BCUT2D eigenvalue weighted by atomic mass is 10.2. The molecule has 1 atom stereocenters. The van der Waals surface area contributed by atoms with Gasteiger partial charge >= 0.3 is 0 Å². The lowest BCUT2D eigenvalue weighted by molar-refractivity contribution is 0.415. The van der Waals surface area contributed by atoms with Gasteiger partial charge in [0.15, 0.2) is 0 Å². The number of fused-ring (bicyclic) bond motifs is 1. The van der Waals surface area contributed by atoms with Crippen molar-refractivity contribution in [2.45, 2.75) is 31.7 Å². The Kier molecular flexibility index (Phi) is 2.94. The predicted octanol–water partition coefficient (Wildman–Crippen LogP) is 3.75. The first kappa shape index (κ1) is 11.8. The zero-order chi connectivity index (χ0) is 12.7. The van der Waals surface area contributed by atoms with E-state index in [-0.39, 0.29) is 0 Å². The first-order chi connectivity index (χ1) is 8.74. The number of nitrogens with zero attached hydrogens (tertiary/aromatic N) is 2. The minimum Gasteiger partial charge on any atom is -0.497 e. The van der Waals surface area contributed by atoms with Gasteiger partial charge in [0.25, 0.3) is 0 Å². The minimum absolute atomic E-state index is 0.452. The van der Waals surface area contributed by atoms with Crippen LogP contribution in [0.25, 0.3) is 11.0 Å². The summed E-state index contributed by atoms with van der Waals surface area (Å²) < 4.78 is 7.53. The first-order valence-corrected chi connectivity index (χ1v) is 6.89. The van der Waals surface area contributed by atoms with Gasteiger partial charge < -0.3 is 9.30 Å². The highest BCUT2D eigenvalue weighted by molar-refractivity contribution is 6.16. The van der Waals surface area contributed by atoms with E-state index in [4.69, 9.17) is 16.3 Å². The average Bonchev–Trinajstić information content (AvgIpc) is 3.17. The molecule has 0 amide bonds. The maximum Gasteiger partial charge on any atom is 0.125 e. The third-order valence-corrected chi connectivity index (χ3v) is 4.04. The Balaban J connectivity index is 2.14. The summed E-state index contributed by atoms with van der Waals surface area (Å²) in [5, 5.41) is 0. The van der Waals surface area contributed by atoms with Crippen molar-refractivity contribution >= 4 is 22.6 Å². The van der Waals surface area contributed by atoms with Gasteiger partial charge in [0, 0.05) is 12.1 Å². The smallest absolute Gasteiger partial charge is 0.125 e. The van der Waals surface area contributed by atoms with Gasteiger partial charge in [-0.2, -0.15) is 0 Å². The average molecular weight is 265 g/mol. The topological polar surface area (TPSA) is 27.1 Å². The second-order valence-corrected chi connectivity index (χ2v) is 5.23. The monoisotopic (exact) mass is 264 g/mol. The number of hydrogen-bond donors (Lipinski definition) is 0. The molecule has 1 aromatic carbocycles. The van der Waals surface area contributed by atoms with Crippen molar-refractivity contribution in [2.24, 2.45) is 5.92 Å². The highest BCUT2D eigenvalue weighted by Gasteiger charge is 2.31. The quantitative estimate of drug-likeness (QED) is 0.787. The van der Waals surface area contributed by atoms with Gasteiger partial charge in [-0.15, -0.1) is 11.6 Å². The number of alkyl halides is 1. The van der Waals surface area contributed by atoms with Gasteiger partial charge in [-0.05, 0) is 37.8 Å². The third-order valence-electron chi connectivity index (χ3n) is 3.80. The molecule has 3 nitrogen and oxygen atoms in total. The van der Waals surface area contributed by atoms with E-state index in [1.807, 2.05) is 12.1 Å². The zero-order valence-electron chi connectivity index (χ0n) is 10.7. The van der Waals surface area contributed by atoms with Crippen LogP contribution < -0.4 is 4.74 Å². The van der Waals surface area contributed by atoms with Crippen LogP contribution in [-0.4, -0.2) is 16.7 Å². The van der Waals surface area contributed by atoms with Gasteiger partial charge in [-0.3, -0.25) is 0 Å². The van der Waals surface area contributed by atoms with Crippen molar-refractivity contribution < 1.29 is 4.74 Å². The Morgan fingerprint density at radius 1 is 1.50 bits per heavy atom. The predicted molar refractivity (Wildman–Crippen MR) is 73.3 cm³/mol. The summed E-state index contributed by atoms with van der Waals surface area (Å²) in [6.45, 7) is 2.26. The Morgan fingerprint density at radius 2 is 2.28 bits per heavy atom. The number of ether oxygens (including phenoxy) is 1. The summed E-state index contributed by atoms with van der Waals surface area (Å²) >= 11 is 6.03. The molecule has 0 aliphatic heterocycles. The number of hydrogen-bond acceptors (Lipinski definition) is 2. The van der Waals surface area contributed by atoms with Crippen LogP contribution in [0, 0.1) is 5.92 Å². The van der Waals surface area contributed by atoms with Crippen molar-refractivity contribution in [3.05, 3.63) is 24.0 Å². The van der Waals surface area contributed by atoms with E-state index in [0.717, 1.165) is 28.5 Å². The van der Waals surface area contributed by atoms with E-state index in [1.165, 1.54) is 12.8 Å². The fourth-order valence-electron chi connectivity index (χ4n) is 2.59. The summed E-state index contributed by atoms with van der Waals surface area (Å²) in [7, 11) is 1.67. The Labute approximate surface area is 112 Å². The fourth-order valence-corrected chi connectivity index (χ4v) is 2.78.